The summed E-state index contributed by atoms with van der Waals surface area (Å²) in [6.07, 6.45) is 1.53. The Balaban J connectivity index is 3.03. The summed E-state index contributed by atoms with van der Waals surface area (Å²) in [6.45, 7) is 2.07. The van der Waals surface area contributed by atoms with Crippen LogP contribution in [0.15, 0.2) is 11.4 Å². The maximum Gasteiger partial charge on any atom is 0.193 e. The van der Waals surface area contributed by atoms with Crippen LogP contribution >= 0.6 is 11.8 Å². The first-order valence-corrected chi connectivity index (χ1v) is 5.01. The minimum Gasteiger partial charge on any atom is -0.490 e. The van der Waals surface area contributed by atoms with Gasteiger partial charge in [-0.05, 0) is 5.75 Å². The molecule has 0 atom stereocenters. The van der Waals surface area contributed by atoms with Crippen molar-refractivity contribution < 1.29 is 4.74 Å². The molecule has 72 valence electrons. The average molecular weight is 199 g/mol. The van der Waals surface area contributed by atoms with E-state index in [0.717, 1.165) is 22.3 Å². The van der Waals surface area contributed by atoms with Crippen molar-refractivity contribution >= 4 is 17.6 Å². The zero-order chi connectivity index (χ0) is 9.68. The first kappa shape index (κ1) is 10.1. The van der Waals surface area contributed by atoms with E-state index in [4.69, 9.17) is 4.74 Å². The van der Waals surface area contributed by atoms with Crippen LogP contribution in [-0.2, 0) is 0 Å². The van der Waals surface area contributed by atoms with Crippen molar-refractivity contribution in [2.24, 2.45) is 0 Å². The molecule has 0 radical (unpaired) electrons. The fraction of sp³-hybridized carbons (Fsp3) is 0.500. The molecule has 1 heterocycles. The van der Waals surface area contributed by atoms with E-state index < -0.39 is 0 Å². The molecule has 0 aliphatic heterocycles. The number of rotatable bonds is 4. The lowest BCUT2D eigenvalue weighted by atomic mass is 10.5. The van der Waals surface area contributed by atoms with Gasteiger partial charge in [0.1, 0.15) is 11.4 Å². The third-order valence-electron chi connectivity index (χ3n) is 1.49. The lowest BCUT2D eigenvalue weighted by molar-refractivity contribution is 0.400. The number of hydrogen-bond acceptors (Lipinski definition) is 5. The Labute approximate surface area is 82.1 Å². The van der Waals surface area contributed by atoms with Gasteiger partial charge in [-0.25, -0.2) is 9.97 Å². The van der Waals surface area contributed by atoms with Crippen LogP contribution < -0.4 is 10.1 Å². The van der Waals surface area contributed by atoms with Crippen molar-refractivity contribution in [3.8, 4) is 5.75 Å². The molecule has 0 saturated carbocycles. The summed E-state index contributed by atoms with van der Waals surface area (Å²) in [5.74, 6) is 2.42. The SMILES string of the molecule is CCSc1ncnc(NC)c1OC. The molecule has 1 rings (SSSR count). The summed E-state index contributed by atoms with van der Waals surface area (Å²) in [5.41, 5.74) is 0. The van der Waals surface area contributed by atoms with Gasteiger partial charge in [-0.2, -0.15) is 0 Å². The van der Waals surface area contributed by atoms with Crippen molar-refractivity contribution in [3.63, 3.8) is 0 Å². The molecular weight excluding hydrogens is 186 g/mol. The molecule has 1 aromatic rings. The van der Waals surface area contributed by atoms with E-state index in [9.17, 15) is 0 Å². The average Bonchev–Trinajstić information content (AvgIpc) is 2.18. The Morgan fingerprint density at radius 3 is 2.85 bits per heavy atom. The molecule has 0 aliphatic carbocycles. The van der Waals surface area contributed by atoms with Crippen molar-refractivity contribution in [2.75, 3.05) is 25.2 Å². The molecule has 0 unspecified atom stereocenters. The Bertz CT molecular complexity index is 280. The second kappa shape index (κ2) is 4.91. The molecule has 0 fully saturated rings. The van der Waals surface area contributed by atoms with Crippen LogP contribution in [0.5, 0.6) is 5.75 Å². The molecule has 1 aromatic heterocycles. The van der Waals surface area contributed by atoms with E-state index in [2.05, 4.69) is 22.2 Å². The Morgan fingerprint density at radius 1 is 1.54 bits per heavy atom. The van der Waals surface area contributed by atoms with E-state index in [0.29, 0.717) is 0 Å². The van der Waals surface area contributed by atoms with Crippen LogP contribution in [0.2, 0.25) is 0 Å². The summed E-state index contributed by atoms with van der Waals surface area (Å²) in [4.78, 5) is 8.19. The lowest BCUT2D eigenvalue weighted by Gasteiger charge is -2.09. The molecule has 5 heteroatoms. The van der Waals surface area contributed by atoms with E-state index in [1.54, 1.807) is 18.9 Å². The van der Waals surface area contributed by atoms with E-state index in [-0.39, 0.29) is 0 Å². The Morgan fingerprint density at radius 2 is 2.31 bits per heavy atom. The van der Waals surface area contributed by atoms with Crippen molar-refractivity contribution in [1.82, 2.24) is 9.97 Å². The molecule has 0 bridgehead atoms. The van der Waals surface area contributed by atoms with Crippen LogP contribution in [0, 0.1) is 0 Å². The van der Waals surface area contributed by atoms with Crippen molar-refractivity contribution in [3.05, 3.63) is 6.33 Å². The topological polar surface area (TPSA) is 47.0 Å². The summed E-state index contributed by atoms with van der Waals surface area (Å²) in [5, 5.41) is 3.83. The molecule has 13 heavy (non-hydrogen) atoms. The number of aromatic nitrogens is 2. The third-order valence-corrected chi connectivity index (χ3v) is 2.35. The summed E-state index contributed by atoms with van der Waals surface area (Å²) < 4.78 is 5.21. The van der Waals surface area contributed by atoms with E-state index in [1.165, 1.54) is 6.33 Å². The summed E-state index contributed by atoms with van der Waals surface area (Å²) in [7, 11) is 3.44. The second-order valence-electron chi connectivity index (χ2n) is 2.24. The molecule has 0 amide bonds. The Kier molecular flexibility index (Phi) is 3.82. The zero-order valence-corrected chi connectivity index (χ0v) is 8.81. The van der Waals surface area contributed by atoms with Crippen LogP contribution in [0.4, 0.5) is 5.82 Å². The van der Waals surface area contributed by atoms with Gasteiger partial charge in [0.15, 0.2) is 11.6 Å². The number of methoxy groups -OCH3 is 1. The summed E-state index contributed by atoms with van der Waals surface area (Å²) >= 11 is 1.64. The van der Waals surface area contributed by atoms with Gasteiger partial charge in [0.05, 0.1) is 7.11 Å². The number of thioether (sulfide) groups is 1. The highest BCUT2D eigenvalue weighted by Crippen LogP contribution is 2.31. The second-order valence-corrected chi connectivity index (χ2v) is 3.50. The normalized spacial score (nSPS) is 9.77. The standard InChI is InChI=1S/C8H13N3OS/c1-4-13-8-6(12-3)7(9-2)10-5-11-8/h5H,4H2,1-3H3,(H,9,10,11). The zero-order valence-electron chi connectivity index (χ0n) is 8.00. The van der Waals surface area contributed by atoms with Gasteiger partial charge in [-0.1, -0.05) is 6.92 Å². The first-order valence-electron chi connectivity index (χ1n) is 4.03. The van der Waals surface area contributed by atoms with Gasteiger partial charge in [0, 0.05) is 7.05 Å². The molecule has 0 aromatic carbocycles. The molecule has 0 aliphatic rings. The quantitative estimate of drug-likeness (QED) is 0.590. The summed E-state index contributed by atoms with van der Waals surface area (Å²) in [6, 6.07) is 0. The monoisotopic (exact) mass is 199 g/mol. The van der Waals surface area contributed by atoms with Gasteiger partial charge >= 0.3 is 0 Å². The first-order chi connectivity index (χ1) is 6.33. The maximum absolute atomic E-state index is 5.21. The van der Waals surface area contributed by atoms with Gasteiger partial charge < -0.3 is 10.1 Å². The highest BCUT2D eigenvalue weighted by Gasteiger charge is 2.09. The molecular formula is C8H13N3OS. The number of nitrogens with one attached hydrogen (secondary N) is 1. The van der Waals surface area contributed by atoms with Crippen LogP contribution in [0.1, 0.15) is 6.92 Å². The van der Waals surface area contributed by atoms with Gasteiger partial charge in [-0.3, -0.25) is 0 Å². The van der Waals surface area contributed by atoms with Crippen molar-refractivity contribution in [2.45, 2.75) is 11.9 Å². The third kappa shape index (κ3) is 2.24. The van der Waals surface area contributed by atoms with Gasteiger partial charge in [-0.15, -0.1) is 11.8 Å². The Hall–Kier alpha value is -0.970. The predicted molar refractivity (Wildman–Crippen MR) is 54.5 cm³/mol. The van der Waals surface area contributed by atoms with Crippen LogP contribution in [0.25, 0.3) is 0 Å². The predicted octanol–water partition coefficient (Wildman–Crippen LogP) is 1.64. The van der Waals surface area contributed by atoms with Crippen LogP contribution in [0.3, 0.4) is 0 Å². The van der Waals surface area contributed by atoms with E-state index >= 15 is 0 Å². The maximum atomic E-state index is 5.21. The number of hydrogen-bond donors (Lipinski definition) is 1. The van der Waals surface area contributed by atoms with Gasteiger partial charge in [0.25, 0.3) is 0 Å². The fourth-order valence-electron chi connectivity index (χ4n) is 0.959. The lowest BCUT2D eigenvalue weighted by Crippen LogP contribution is -1.99. The minimum atomic E-state index is 0.719. The molecule has 1 N–H and O–H groups in total. The number of anilines is 1. The highest BCUT2D eigenvalue weighted by atomic mass is 32.2. The van der Waals surface area contributed by atoms with Crippen LogP contribution in [-0.4, -0.2) is 29.9 Å². The van der Waals surface area contributed by atoms with Gasteiger partial charge in [0.2, 0.25) is 0 Å². The fourth-order valence-corrected chi connectivity index (χ4v) is 1.67. The minimum absolute atomic E-state index is 0.719. The van der Waals surface area contributed by atoms with E-state index in [1.807, 2.05) is 7.05 Å². The number of nitrogens with zero attached hydrogens (tertiary/aromatic N) is 2. The highest BCUT2D eigenvalue weighted by molar-refractivity contribution is 7.99. The molecule has 0 saturated heterocycles. The van der Waals surface area contributed by atoms with Crippen molar-refractivity contribution in [1.29, 1.82) is 0 Å². The largest absolute Gasteiger partial charge is 0.490 e. The molecule has 0 spiro atoms. The smallest absolute Gasteiger partial charge is 0.193 e. The number of ether oxygens (including phenoxy) is 1. The molecule has 4 nitrogen and oxygen atoms in total.